The molecule has 0 aromatic heterocycles. The van der Waals surface area contributed by atoms with E-state index in [-0.39, 0.29) is 29.1 Å². The van der Waals surface area contributed by atoms with Gasteiger partial charge in [-0.3, -0.25) is 9.59 Å². The predicted molar refractivity (Wildman–Crippen MR) is 112 cm³/mol. The van der Waals surface area contributed by atoms with Crippen molar-refractivity contribution >= 4 is 23.6 Å². The number of hydrogen-bond acceptors (Lipinski definition) is 7. The van der Waals surface area contributed by atoms with Crippen LogP contribution in [-0.2, 0) is 14.3 Å². The Hall–Kier alpha value is -2.83. The summed E-state index contributed by atoms with van der Waals surface area (Å²) in [4.78, 5) is 37.0. The number of benzene rings is 1. The molecule has 0 saturated heterocycles. The summed E-state index contributed by atoms with van der Waals surface area (Å²) in [6.45, 7) is 2.42. The first kappa shape index (κ1) is 23.4. The molecule has 0 heterocycles. The minimum Gasteiger partial charge on any atom is -0.504 e. The van der Waals surface area contributed by atoms with Crippen LogP contribution in [0.2, 0.25) is 0 Å². The standard InChI is InChI=1S/C23H30O7/c1-3-4-5-6-7-8-9-10-11-30-23(28)16-12-15-14-18(29-2)21(26)22(27)19(15)20(25)17(24)13-16/h12,14,26-27H,3-11,13H2,1-2H3. The van der Waals surface area contributed by atoms with Crippen LogP contribution in [0.4, 0.5) is 0 Å². The fourth-order valence-corrected chi connectivity index (χ4v) is 3.42. The van der Waals surface area contributed by atoms with Gasteiger partial charge in [0, 0.05) is 12.0 Å². The van der Waals surface area contributed by atoms with E-state index in [1.807, 2.05) is 0 Å². The van der Waals surface area contributed by atoms with Gasteiger partial charge < -0.3 is 19.7 Å². The van der Waals surface area contributed by atoms with Crippen LogP contribution in [0.1, 0.15) is 80.6 Å². The van der Waals surface area contributed by atoms with E-state index < -0.39 is 35.5 Å². The molecule has 0 atom stereocenters. The number of Topliss-reactive ketones (excluding diaryl/α,β-unsaturated/α-hetero) is 2. The minimum atomic E-state index is -0.970. The Morgan fingerprint density at radius 3 is 2.27 bits per heavy atom. The van der Waals surface area contributed by atoms with Gasteiger partial charge in [-0.05, 0) is 24.1 Å². The van der Waals surface area contributed by atoms with Crippen molar-refractivity contribution < 1.29 is 34.1 Å². The lowest BCUT2D eigenvalue weighted by Crippen LogP contribution is -2.17. The van der Waals surface area contributed by atoms with Gasteiger partial charge in [0.25, 0.3) is 0 Å². The van der Waals surface area contributed by atoms with Crippen molar-refractivity contribution in [2.45, 2.75) is 64.7 Å². The molecule has 1 aliphatic rings. The van der Waals surface area contributed by atoms with E-state index in [9.17, 15) is 24.6 Å². The number of ether oxygens (including phenoxy) is 2. The molecular formula is C23H30O7. The quantitative estimate of drug-likeness (QED) is 0.238. The predicted octanol–water partition coefficient (Wildman–Crippen LogP) is 4.33. The Morgan fingerprint density at radius 2 is 1.63 bits per heavy atom. The van der Waals surface area contributed by atoms with Gasteiger partial charge in [0.05, 0.1) is 19.3 Å². The highest BCUT2D eigenvalue weighted by atomic mass is 16.5. The van der Waals surface area contributed by atoms with E-state index in [4.69, 9.17) is 9.47 Å². The lowest BCUT2D eigenvalue weighted by Gasteiger charge is -2.11. The first-order valence-electron chi connectivity index (χ1n) is 10.5. The minimum absolute atomic E-state index is 0.0267. The van der Waals surface area contributed by atoms with Gasteiger partial charge in [-0.2, -0.15) is 0 Å². The fourth-order valence-electron chi connectivity index (χ4n) is 3.42. The average Bonchev–Trinajstić information content (AvgIpc) is 2.85. The van der Waals surface area contributed by atoms with Crippen molar-refractivity contribution in [1.82, 2.24) is 0 Å². The van der Waals surface area contributed by atoms with Crippen molar-refractivity contribution in [2.24, 2.45) is 0 Å². The zero-order chi connectivity index (χ0) is 22.1. The third kappa shape index (κ3) is 5.84. The lowest BCUT2D eigenvalue weighted by atomic mass is 10.00. The number of phenols is 2. The zero-order valence-electron chi connectivity index (χ0n) is 17.7. The fraction of sp³-hybridized carbons (Fsp3) is 0.522. The summed E-state index contributed by atoms with van der Waals surface area (Å²) >= 11 is 0. The highest BCUT2D eigenvalue weighted by molar-refractivity contribution is 6.46. The van der Waals surface area contributed by atoms with Crippen molar-refractivity contribution in [1.29, 1.82) is 0 Å². The smallest absolute Gasteiger partial charge is 0.334 e. The molecular weight excluding hydrogens is 388 g/mol. The molecule has 0 saturated carbocycles. The monoisotopic (exact) mass is 418 g/mol. The summed E-state index contributed by atoms with van der Waals surface area (Å²) in [6, 6.07) is 1.30. The van der Waals surface area contributed by atoms with E-state index in [1.54, 1.807) is 0 Å². The van der Waals surface area contributed by atoms with E-state index in [2.05, 4.69) is 6.92 Å². The highest BCUT2D eigenvalue weighted by Gasteiger charge is 2.32. The summed E-state index contributed by atoms with van der Waals surface area (Å²) in [6.07, 6.45) is 9.83. The molecule has 0 bridgehead atoms. The molecule has 0 radical (unpaired) electrons. The normalized spacial score (nSPS) is 13.5. The van der Waals surface area contributed by atoms with Crippen molar-refractivity contribution in [3.63, 3.8) is 0 Å². The molecule has 30 heavy (non-hydrogen) atoms. The second-order valence-electron chi connectivity index (χ2n) is 7.45. The van der Waals surface area contributed by atoms with Crippen LogP contribution in [0, 0.1) is 0 Å². The zero-order valence-corrected chi connectivity index (χ0v) is 17.7. The molecule has 2 N–H and O–H groups in total. The summed E-state index contributed by atoms with van der Waals surface area (Å²) < 4.78 is 10.2. The summed E-state index contributed by atoms with van der Waals surface area (Å²) in [5.74, 6) is -3.94. The number of esters is 1. The van der Waals surface area contributed by atoms with Crippen LogP contribution in [0.3, 0.4) is 0 Å². The van der Waals surface area contributed by atoms with Crippen LogP contribution in [0.5, 0.6) is 17.2 Å². The maximum absolute atomic E-state index is 12.4. The molecule has 0 aliphatic heterocycles. The molecule has 1 aromatic rings. The number of carbonyl (C=O) groups excluding carboxylic acids is 3. The van der Waals surface area contributed by atoms with E-state index in [0.717, 1.165) is 19.3 Å². The van der Waals surface area contributed by atoms with Gasteiger partial charge in [-0.1, -0.05) is 51.9 Å². The topological polar surface area (TPSA) is 110 Å². The molecule has 7 heteroatoms. The van der Waals surface area contributed by atoms with E-state index in [0.29, 0.717) is 0 Å². The lowest BCUT2D eigenvalue weighted by molar-refractivity contribution is -0.139. The Labute approximate surface area is 176 Å². The first-order valence-corrected chi connectivity index (χ1v) is 10.5. The Kier molecular flexibility index (Phi) is 8.89. The Balaban J connectivity index is 1.99. The number of ketones is 2. The maximum Gasteiger partial charge on any atom is 0.334 e. The molecule has 0 fully saturated rings. The molecule has 7 nitrogen and oxygen atoms in total. The molecule has 2 rings (SSSR count). The molecule has 1 aliphatic carbocycles. The first-order chi connectivity index (χ1) is 14.4. The third-order valence-corrected chi connectivity index (χ3v) is 5.14. The number of aromatic hydroxyl groups is 2. The number of carbonyl (C=O) groups is 3. The number of rotatable bonds is 11. The van der Waals surface area contributed by atoms with Gasteiger partial charge in [-0.25, -0.2) is 4.79 Å². The van der Waals surface area contributed by atoms with E-state index in [1.165, 1.54) is 51.4 Å². The second-order valence-corrected chi connectivity index (χ2v) is 7.45. The number of phenolic OH excluding ortho intramolecular Hbond substituents is 2. The van der Waals surface area contributed by atoms with Crippen LogP contribution in [0.25, 0.3) is 6.08 Å². The molecule has 0 spiro atoms. The largest absolute Gasteiger partial charge is 0.504 e. The number of unbranched alkanes of at least 4 members (excludes halogenated alkanes) is 7. The van der Waals surface area contributed by atoms with Gasteiger partial charge in [-0.15, -0.1) is 0 Å². The molecule has 0 unspecified atom stereocenters. The van der Waals surface area contributed by atoms with Crippen LogP contribution < -0.4 is 4.74 Å². The van der Waals surface area contributed by atoms with Gasteiger partial charge in [0.1, 0.15) is 0 Å². The molecule has 1 aromatic carbocycles. The summed E-state index contributed by atoms with van der Waals surface area (Å²) in [5, 5.41) is 20.1. The molecule has 0 amide bonds. The highest BCUT2D eigenvalue weighted by Crippen LogP contribution is 2.42. The van der Waals surface area contributed by atoms with Crippen molar-refractivity contribution in [3.05, 3.63) is 22.8 Å². The molecule has 164 valence electrons. The van der Waals surface area contributed by atoms with Gasteiger partial charge in [0.15, 0.2) is 11.5 Å². The Bertz CT molecular complexity index is 823. The van der Waals surface area contributed by atoms with Crippen LogP contribution >= 0.6 is 0 Å². The number of fused-ring (bicyclic) bond motifs is 1. The van der Waals surface area contributed by atoms with Gasteiger partial charge >= 0.3 is 5.97 Å². The maximum atomic E-state index is 12.4. The SMILES string of the molecule is CCCCCCCCCCOC(=O)C1=Cc2cc(OC)c(O)c(O)c2C(=O)C(=O)C1. The van der Waals surface area contributed by atoms with Gasteiger partial charge in [0.2, 0.25) is 17.3 Å². The van der Waals surface area contributed by atoms with Crippen LogP contribution in [-0.4, -0.2) is 41.5 Å². The van der Waals surface area contributed by atoms with Crippen LogP contribution in [0.15, 0.2) is 11.6 Å². The van der Waals surface area contributed by atoms with E-state index >= 15 is 0 Å². The number of methoxy groups -OCH3 is 1. The van der Waals surface area contributed by atoms with Crippen molar-refractivity contribution in [2.75, 3.05) is 13.7 Å². The summed E-state index contributed by atoms with van der Waals surface area (Å²) in [7, 11) is 1.28. The average molecular weight is 418 g/mol. The Morgan fingerprint density at radius 1 is 1.00 bits per heavy atom. The second kappa shape index (κ2) is 11.4. The summed E-state index contributed by atoms with van der Waals surface area (Å²) in [5.41, 5.74) is -0.194. The number of hydrogen-bond donors (Lipinski definition) is 2. The van der Waals surface area contributed by atoms with Crippen molar-refractivity contribution in [3.8, 4) is 17.2 Å². The third-order valence-electron chi connectivity index (χ3n) is 5.14.